The van der Waals surface area contributed by atoms with Crippen LogP contribution in [0.4, 0.5) is 0 Å². The second-order valence-electron chi connectivity index (χ2n) is 4.47. The van der Waals surface area contributed by atoms with Gasteiger partial charge in [0.25, 0.3) is 5.91 Å². The summed E-state index contributed by atoms with van der Waals surface area (Å²) in [6.07, 6.45) is 1.83. The van der Waals surface area contributed by atoms with Gasteiger partial charge in [-0.1, -0.05) is 53.5 Å². The van der Waals surface area contributed by atoms with Crippen molar-refractivity contribution in [3.05, 3.63) is 69.7 Å². The van der Waals surface area contributed by atoms with E-state index in [0.717, 1.165) is 12.8 Å². The Morgan fingerprint density at radius 3 is 2.50 bits per heavy atom. The van der Waals surface area contributed by atoms with E-state index >= 15 is 0 Å². The first kappa shape index (κ1) is 14.9. The maximum absolute atomic E-state index is 11.9. The van der Waals surface area contributed by atoms with Crippen molar-refractivity contribution in [1.82, 2.24) is 5.32 Å². The van der Waals surface area contributed by atoms with Crippen LogP contribution in [0.15, 0.2) is 48.5 Å². The van der Waals surface area contributed by atoms with Crippen molar-refractivity contribution in [3.8, 4) is 0 Å². The highest BCUT2D eigenvalue weighted by Gasteiger charge is 2.09. The Morgan fingerprint density at radius 2 is 1.80 bits per heavy atom. The molecular weight excluding hydrogens is 293 g/mol. The highest BCUT2D eigenvalue weighted by atomic mass is 35.5. The van der Waals surface area contributed by atoms with E-state index in [2.05, 4.69) is 17.4 Å². The van der Waals surface area contributed by atoms with Gasteiger partial charge in [-0.25, -0.2) is 0 Å². The van der Waals surface area contributed by atoms with Crippen LogP contribution in [-0.2, 0) is 6.42 Å². The lowest BCUT2D eigenvalue weighted by Gasteiger charge is -2.07. The summed E-state index contributed by atoms with van der Waals surface area (Å²) in [5.74, 6) is -0.167. The summed E-state index contributed by atoms with van der Waals surface area (Å²) in [7, 11) is 0. The molecule has 0 saturated heterocycles. The number of hydrogen-bond acceptors (Lipinski definition) is 1. The van der Waals surface area contributed by atoms with Crippen molar-refractivity contribution >= 4 is 29.1 Å². The fourth-order valence-electron chi connectivity index (χ4n) is 1.91. The number of rotatable bonds is 5. The molecule has 2 nitrogen and oxygen atoms in total. The van der Waals surface area contributed by atoms with Gasteiger partial charge in [0.05, 0.1) is 10.6 Å². The fourth-order valence-corrected chi connectivity index (χ4v) is 2.40. The van der Waals surface area contributed by atoms with Crippen molar-refractivity contribution in [2.24, 2.45) is 0 Å². The maximum atomic E-state index is 11.9. The number of amides is 1. The maximum Gasteiger partial charge on any atom is 0.252 e. The molecule has 104 valence electrons. The molecule has 2 aromatic rings. The van der Waals surface area contributed by atoms with Gasteiger partial charge in [0.1, 0.15) is 0 Å². The fraction of sp³-hybridized carbons (Fsp3) is 0.188. The van der Waals surface area contributed by atoms with Gasteiger partial charge in [-0.15, -0.1) is 0 Å². The number of aryl methyl sites for hydroxylation is 1. The summed E-state index contributed by atoms with van der Waals surface area (Å²) in [5.41, 5.74) is 1.72. The molecule has 0 radical (unpaired) electrons. The van der Waals surface area contributed by atoms with E-state index in [9.17, 15) is 4.79 Å². The van der Waals surface area contributed by atoms with Gasteiger partial charge in [-0.2, -0.15) is 0 Å². The first-order chi connectivity index (χ1) is 9.66. The predicted octanol–water partition coefficient (Wildman–Crippen LogP) is 4.36. The van der Waals surface area contributed by atoms with Gasteiger partial charge in [0.15, 0.2) is 0 Å². The summed E-state index contributed by atoms with van der Waals surface area (Å²) in [6.45, 7) is 0.618. The van der Waals surface area contributed by atoms with E-state index in [-0.39, 0.29) is 5.91 Å². The Hall–Kier alpha value is -1.51. The van der Waals surface area contributed by atoms with Crippen LogP contribution >= 0.6 is 23.2 Å². The number of carbonyl (C=O) groups excluding carboxylic acids is 1. The molecule has 0 aliphatic carbocycles. The zero-order valence-electron chi connectivity index (χ0n) is 10.9. The first-order valence-electron chi connectivity index (χ1n) is 6.44. The molecule has 0 fully saturated rings. The molecule has 0 heterocycles. The molecule has 0 aliphatic heterocycles. The van der Waals surface area contributed by atoms with E-state index in [1.807, 2.05) is 18.2 Å². The van der Waals surface area contributed by atoms with Crippen molar-refractivity contribution in [3.63, 3.8) is 0 Å². The number of benzene rings is 2. The third kappa shape index (κ3) is 4.26. The Labute approximate surface area is 128 Å². The minimum absolute atomic E-state index is 0.167. The third-order valence-electron chi connectivity index (χ3n) is 2.95. The average molecular weight is 308 g/mol. The van der Waals surface area contributed by atoms with Crippen LogP contribution in [0.1, 0.15) is 22.3 Å². The standard InChI is InChI=1S/C16H15Cl2NO/c17-13-8-9-14(15(18)11-13)16(20)19-10-4-7-12-5-2-1-3-6-12/h1-3,5-6,8-9,11H,4,7,10H2,(H,19,20). The molecule has 1 amide bonds. The van der Waals surface area contributed by atoms with Crippen molar-refractivity contribution in [2.75, 3.05) is 6.54 Å². The van der Waals surface area contributed by atoms with Gasteiger partial charge in [-0.3, -0.25) is 4.79 Å². The Kier molecular flexibility index (Phi) is 5.45. The summed E-state index contributed by atoms with van der Waals surface area (Å²) in [5, 5.41) is 3.76. The monoisotopic (exact) mass is 307 g/mol. The lowest BCUT2D eigenvalue weighted by atomic mass is 10.1. The zero-order chi connectivity index (χ0) is 14.4. The van der Waals surface area contributed by atoms with E-state index < -0.39 is 0 Å². The van der Waals surface area contributed by atoms with Gasteiger partial charge in [0, 0.05) is 11.6 Å². The number of nitrogens with one attached hydrogen (secondary N) is 1. The van der Waals surface area contributed by atoms with E-state index in [0.29, 0.717) is 22.2 Å². The first-order valence-corrected chi connectivity index (χ1v) is 7.19. The van der Waals surface area contributed by atoms with Gasteiger partial charge in [-0.05, 0) is 36.6 Å². The van der Waals surface area contributed by atoms with Crippen LogP contribution in [0, 0.1) is 0 Å². The normalized spacial score (nSPS) is 10.3. The van der Waals surface area contributed by atoms with E-state index in [1.54, 1.807) is 18.2 Å². The highest BCUT2D eigenvalue weighted by Crippen LogP contribution is 2.20. The van der Waals surface area contributed by atoms with E-state index in [1.165, 1.54) is 5.56 Å². The van der Waals surface area contributed by atoms with Crippen LogP contribution in [0.2, 0.25) is 10.0 Å². The Morgan fingerprint density at radius 1 is 1.05 bits per heavy atom. The molecule has 0 atom stereocenters. The SMILES string of the molecule is O=C(NCCCc1ccccc1)c1ccc(Cl)cc1Cl. The quantitative estimate of drug-likeness (QED) is 0.817. The van der Waals surface area contributed by atoms with Crippen molar-refractivity contribution in [2.45, 2.75) is 12.8 Å². The topological polar surface area (TPSA) is 29.1 Å². The molecule has 2 aromatic carbocycles. The number of carbonyl (C=O) groups is 1. The molecule has 0 bridgehead atoms. The van der Waals surface area contributed by atoms with Crippen LogP contribution in [-0.4, -0.2) is 12.5 Å². The summed E-state index contributed by atoms with van der Waals surface area (Å²) in [6, 6.07) is 15.1. The lowest BCUT2D eigenvalue weighted by Crippen LogP contribution is -2.25. The predicted molar refractivity (Wildman–Crippen MR) is 83.6 cm³/mol. The molecular formula is C16H15Cl2NO. The van der Waals surface area contributed by atoms with Crippen LogP contribution in [0.25, 0.3) is 0 Å². The summed E-state index contributed by atoms with van der Waals surface area (Å²) in [4.78, 5) is 11.9. The second-order valence-corrected chi connectivity index (χ2v) is 5.31. The van der Waals surface area contributed by atoms with Gasteiger partial charge in [0.2, 0.25) is 0 Å². The molecule has 0 aromatic heterocycles. The molecule has 0 aliphatic rings. The van der Waals surface area contributed by atoms with Gasteiger partial charge < -0.3 is 5.32 Å². The molecule has 0 saturated carbocycles. The average Bonchev–Trinajstić information content (AvgIpc) is 2.44. The lowest BCUT2D eigenvalue weighted by molar-refractivity contribution is 0.0953. The van der Waals surface area contributed by atoms with E-state index in [4.69, 9.17) is 23.2 Å². The minimum Gasteiger partial charge on any atom is -0.352 e. The number of hydrogen-bond donors (Lipinski definition) is 1. The molecule has 2 rings (SSSR count). The van der Waals surface area contributed by atoms with Gasteiger partial charge >= 0.3 is 0 Å². The highest BCUT2D eigenvalue weighted by molar-refractivity contribution is 6.36. The zero-order valence-corrected chi connectivity index (χ0v) is 12.4. The van der Waals surface area contributed by atoms with Crippen molar-refractivity contribution in [1.29, 1.82) is 0 Å². The van der Waals surface area contributed by atoms with Crippen LogP contribution in [0.3, 0.4) is 0 Å². The molecule has 20 heavy (non-hydrogen) atoms. The Balaban J connectivity index is 1.80. The molecule has 4 heteroatoms. The third-order valence-corrected chi connectivity index (χ3v) is 3.49. The largest absolute Gasteiger partial charge is 0.352 e. The molecule has 1 N–H and O–H groups in total. The number of halogens is 2. The summed E-state index contributed by atoms with van der Waals surface area (Å²) >= 11 is 11.8. The van der Waals surface area contributed by atoms with Crippen LogP contribution < -0.4 is 5.32 Å². The summed E-state index contributed by atoms with van der Waals surface area (Å²) < 4.78 is 0. The molecule has 0 unspecified atom stereocenters. The van der Waals surface area contributed by atoms with Crippen LogP contribution in [0.5, 0.6) is 0 Å². The second kappa shape index (κ2) is 7.32. The Bertz CT molecular complexity index is 584. The smallest absolute Gasteiger partial charge is 0.252 e. The molecule has 0 spiro atoms. The minimum atomic E-state index is -0.167. The van der Waals surface area contributed by atoms with Crippen molar-refractivity contribution < 1.29 is 4.79 Å².